The Bertz CT molecular complexity index is 393. The molecule has 2 rings (SSSR count). The maximum atomic E-state index is 12.7. The van der Waals surface area contributed by atoms with Crippen LogP contribution in [-0.4, -0.2) is 54.3 Å². The van der Waals surface area contributed by atoms with Crippen LogP contribution in [0.2, 0.25) is 0 Å². The minimum Gasteiger partial charge on any atom is -0.369 e. The number of hydrogen-bond donors (Lipinski definition) is 1. The van der Waals surface area contributed by atoms with Gasteiger partial charge in [-0.1, -0.05) is 19.3 Å². The molecule has 2 fully saturated rings. The third-order valence-corrected chi connectivity index (χ3v) is 5.42. The summed E-state index contributed by atoms with van der Waals surface area (Å²) in [5.74, 6) is 0.423. The Morgan fingerprint density at radius 2 is 1.86 bits per heavy atom. The minimum atomic E-state index is -0.277. The van der Waals surface area contributed by atoms with Crippen molar-refractivity contribution in [2.24, 2.45) is 17.6 Å². The molecule has 1 saturated carbocycles. The van der Waals surface area contributed by atoms with Crippen molar-refractivity contribution in [1.82, 2.24) is 9.80 Å². The summed E-state index contributed by atoms with van der Waals surface area (Å²) in [6, 6.07) is -0.117. The van der Waals surface area contributed by atoms with Gasteiger partial charge in [0, 0.05) is 19.6 Å². The van der Waals surface area contributed by atoms with Gasteiger partial charge in [-0.25, -0.2) is 0 Å². The van der Waals surface area contributed by atoms with Gasteiger partial charge in [-0.15, -0.1) is 0 Å². The highest BCUT2D eigenvalue weighted by Gasteiger charge is 2.31. The van der Waals surface area contributed by atoms with Gasteiger partial charge in [0.15, 0.2) is 0 Å². The molecule has 2 N–H and O–H groups in total. The number of carbonyl (C=O) groups excluding carboxylic acids is 2. The molecule has 0 unspecified atom stereocenters. The van der Waals surface area contributed by atoms with Crippen molar-refractivity contribution in [3.63, 3.8) is 0 Å². The monoisotopic (exact) mass is 309 g/mol. The Labute approximate surface area is 134 Å². The van der Waals surface area contributed by atoms with Gasteiger partial charge in [-0.05, 0) is 45.6 Å². The van der Waals surface area contributed by atoms with Crippen molar-refractivity contribution in [3.8, 4) is 0 Å². The molecule has 0 aromatic rings. The zero-order valence-electron chi connectivity index (χ0n) is 14.1. The lowest BCUT2D eigenvalue weighted by Crippen LogP contribution is -2.51. The predicted molar refractivity (Wildman–Crippen MR) is 87.2 cm³/mol. The molecular weight excluding hydrogens is 278 g/mol. The van der Waals surface area contributed by atoms with E-state index < -0.39 is 0 Å². The lowest BCUT2D eigenvalue weighted by Gasteiger charge is -2.36. The van der Waals surface area contributed by atoms with E-state index in [4.69, 9.17) is 5.73 Å². The van der Waals surface area contributed by atoms with Crippen molar-refractivity contribution in [2.45, 2.75) is 57.9 Å². The maximum absolute atomic E-state index is 12.7. The van der Waals surface area contributed by atoms with Gasteiger partial charge < -0.3 is 10.6 Å². The smallest absolute Gasteiger partial charge is 0.239 e. The second-order valence-corrected chi connectivity index (χ2v) is 7.15. The first-order chi connectivity index (χ1) is 10.5. The van der Waals surface area contributed by atoms with E-state index in [9.17, 15) is 9.59 Å². The molecule has 1 aliphatic carbocycles. The lowest BCUT2D eigenvalue weighted by atomic mass is 9.88. The second kappa shape index (κ2) is 7.95. The molecule has 0 bridgehead atoms. The van der Waals surface area contributed by atoms with E-state index in [0.29, 0.717) is 6.54 Å². The number of rotatable bonds is 5. The van der Waals surface area contributed by atoms with Gasteiger partial charge >= 0.3 is 0 Å². The number of hydrogen-bond acceptors (Lipinski definition) is 3. The van der Waals surface area contributed by atoms with Gasteiger partial charge in [0.2, 0.25) is 11.8 Å². The summed E-state index contributed by atoms with van der Waals surface area (Å²) in [5, 5.41) is 0. The first kappa shape index (κ1) is 17.3. The molecule has 2 amide bonds. The third kappa shape index (κ3) is 4.45. The SMILES string of the molecule is C[C@@H](C(=O)N1CCC[C@@H](C(N)=O)C1)N(C)CC1CCCCC1. The maximum Gasteiger partial charge on any atom is 0.239 e. The van der Waals surface area contributed by atoms with E-state index >= 15 is 0 Å². The Kier molecular flexibility index (Phi) is 6.24. The third-order valence-electron chi connectivity index (χ3n) is 5.42. The van der Waals surface area contributed by atoms with Crippen LogP contribution in [0.5, 0.6) is 0 Å². The molecule has 0 aromatic carbocycles. The zero-order chi connectivity index (χ0) is 16.1. The van der Waals surface area contributed by atoms with Crippen LogP contribution in [0.4, 0.5) is 0 Å². The molecule has 5 nitrogen and oxygen atoms in total. The Hall–Kier alpha value is -1.10. The summed E-state index contributed by atoms with van der Waals surface area (Å²) in [4.78, 5) is 28.1. The number of amides is 2. The number of carbonyl (C=O) groups is 2. The van der Waals surface area contributed by atoms with E-state index in [2.05, 4.69) is 4.90 Å². The molecule has 22 heavy (non-hydrogen) atoms. The molecule has 1 saturated heterocycles. The largest absolute Gasteiger partial charge is 0.369 e. The minimum absolute atomic E-state index is 0.117. The standard InChI is InChI=1S/C17H31N3O2/c1-13(19(2)11-14-7-4-3-5-8-14)17(22)20-10-6-9-15(12-20)16(18)21/h13-15H,3-12H2,1-2H3,(H2,18,21)/t13-,15+/m0/s1. The van der Waals surface area contributed by atoms with Gasteiger partial charge in [-0.3, -0.25) is 14.5 Å². The van der Waals surface area contributed by atoms with Crippen molar-refractivity contribution < 1.29 is 9.59 Å². The van der Waals surface area contributed by atoms with Crippen LogP contribution in [0.3, 0.4) is 0 Å². The van der Waals surface area contributed by atoms with Crippen LogP contribution in [0.1, 0.15) is 51.9 Å². The summed E-state index contributed by atoms with van der Waals surface area (Å²) >= 11 is 0. The van der Waals surface area contributed by atoms with E-state index in [-0.39, 0.29) is 23.8 Å². The van der Waals surface area contributed by atoms with Crippen molar-refractivity contribution in [2.75, 3.05) is 26.7 Å². The Morgan fingerprint density at radius 1 is 1.18 bits per heavy atom. The highest BCUT2D eigenvalue weighted by Crippen LogP contribution is 2.25. The van der Waals surface area contributed by atoms with Crippen molar-refractivity contribution >= 4 is 11.8 Å². The molecule has 2 atom stereocenters. The molecule has 1 aliphatic heterocycles. The van der Waals surface area contributed by atoms with E-state index in [0.717, 1.165) is 31.8 Å². The lowest BCUT2D eigenvalue weighted by molar-refractivity contribution is -0.139. The van der Waals surface area contributed by atoms with Gasteiger partial charge in [-0.2, -0.15) is 0 Å². The summed E-state index contributed by atoms with van der Waals surface area (Å²) in [6.45, 7) is 4.24. The van der Waals surface area contributed by atoms with Crippen LogP contribution >= 0.6 is 0 Å². The molecular formula is C17H31N3O2. The molecule has 1 heterocycles. The number of likely N-dealkylation sites (tertiary alicyclic amines) is 1. The van der Waals surface area contributed by atoms with Crippen molar-refractivity contribution in [3.05, 3.63) is 0 Å². The molecule has 0 aromatic heterocycles. The fraction of sp³-hybridized carbons (Fsp3) is 0.882. The van der Waals surface area contributed by atoms with Gasteiger partial charge in [0.25, 0.3) is 0 Å². The highest BCUT2D eigenvalue weighted by molar-refractivity contribution is 5.83. The van der Waals surface area contributed by atoms with Gasteiger partial charge in [0.1, 0.15) is 0 Å². The average Bonchev–Trinajstić information content (AvgIpc) is 2.54. The Morgan fingerprint density at radius 3 is 2.50 bits per heavy atom. The summed E-state index contributed by atoms with van der Waals surface area (Å²) in [6.07, 6.45) is 8.28. The first-order valence-corrected chi connectivity index (χ1v) is 8.77. The number of likely N-dealkylation sites (N-methyl/N-ethyl adjacent to an activating group) is 1. The van der Waals surface area contributed by atoms with E-state index in [1.54, 1.807) is 0 Å². The fourth-order valence-electron chi connectivity index (χ4n) is 3.80. The molecule has 0 radical (unpaired) electrons. The average molecular weight is 309 g/mol. The van der Waals surface area contributed by atoms with E-state index in [1.807, 2.05) is 18.9 Å². The fourth-order valence-corrected chi connectivity index (χ4v) is 3.80. The van der Waals surface area contributed by atoms with Crippen molar-refractivity contribution in [1.29, 1.82) is 0 Å². The number of nitrogens with two attached hydrogens (primary N) is 1. The van der Waals surface area contributed by atoms with Crippen LogP contribution in [0.25, 0.3) is 0 Å². The first-order valence-electron chi connectivity index (χ1n) is 8.77. The Balaban J connectivity index is 1.85. The second-order valence-electron chi connectivity index (χ2n) is 7.15. The molecule has 2 aliphatic rings. The number of piperidine rings is 1. The van der Waals surface area contributed by atoms with Crippen LogP contribution < -0.4 is 5.73 Å². The van der Waals surface area contributed by atoms with Crippen LogP contribution in [0, 0.1) is 11.8 Å². The van der Waals surface area contributed by atoms with Crippen LogP contribution in [0.15, 0.2) is 0 Å². The summed E-state index contributed by atoms with van der Waals surface area (Å²) in [7, 11) is 2.05. The number of primary amides is 1. The molecule has 0 spiro atoms. The highest BCUT2D eigenvalue weighted by atomic mass is 16.2. The van der Waals surface area contributed by atoms with Crippen LogP contribution in [-0.2, 0) is 9.59 Å². The van der Waals surface area contributed by atoms with E-state index in [1.165, 1.54) is 32.1 Å². The topological polar surface area (TPSA) is 66.6 Å². The zero-order valence-corrected chi connectivity index (χ0v) is 14.1. The molecule has 126 valence electrons. The predicted octanol–water partition coefficient (Wildman–Crippen LogP) is 1.61. The number of nitrogens with zero attached hydrogens (tertiary/aromatic N) is 2. The summed E-state index contributed by atoms with van der Waals surface area (Å²) < 4.78 is 0. The van der Waals surface area contributed by atoms with Gasteiger partial charge in [0.05, 0.1) is 12.0 Å². The summed E-state index contributed by atoms with van der Waals surface area (Å²) in [5.41, 5.74) is 5.40. The quantitative estimate of drug-likeness (QED) is 0.839. The molecule has 5 heteroatoms. The normalized spacial score (nSPS) is 25.2.